The fraction of sp³-hybridized carbons (Fsp3) is 0.222. The average Bonchev–Trinajstić information content (AvgIpc) is 2.74. The standard InChI is InChI=1S/C9H10ClN5OS/c1-11-8-13-3-6(10)7(15-8)12-2-5-4-17-9(16)14-5/h3-4H,2H2,1H3,(H,14,16)(H2,11,12,13,15). The van der Waals surface area contributed by atoms with Crippen LogP contribution in [0.2, 0.25) is 5.02 Å². The zero-order valence-corrected chi connectivity index (χ0v) is 10.5. The topological polar surface area (TPSA) is 82.7 Å². The highest BCUT2D eigenvalue weighted by molar-refractivity contribution is 7.07. The van der Waals surface area contributed by atoms with Crippen molar-refractivity contribution in [3.05, 3.63) is 32.0 Å². The second-order valence-corrected chi connectivity index (χ2v) is 4.42. The quantitative estimate of drug-likeness (QED) is 0.786. The Morgan fingerprint density at radius 1 is 1.59 bits per heavy atom. The lowest BCUT2D eigenvalue weighted by Crippen LogP contribution is -2.06. The van der Waals surface area contributed by atoms with Gasteiger partial charge in [0.25, 0.3) is 0 Å². The second kappa shape index (κ2) is 5.15. The smallest absolute Gasteiger partial charge is 0.304 e. The van der Waals surface area contributed by atoms with Gasteiger partial charge in [0.05, 0.1) is 12.7 Å². The Labute approximate surface area is 106 Å². The van der Waals surface area contributed by atoms with Gasteiger partial charge in [-0.1, -0.05) is 22.9 Å². The van der Waals surface area contributed by atoms with Gasteiger partial charge in [-0.25, -0.2) is 4.98 Å². The van der Waals surface area contributed by atoms with Gasteiger partial charge in [-0.2, -0.15) is 4.98 Å². The van der Waals surface area contributed by atoms with Gasteiger partial charge in [-0.3, -0.25) is 4.79 Å². The van der Waals surface area contributed by atoms with Crippen molar-refractivity contribution in [1.82, 2.24) is 15.0 Å². The van der Waals surface area contributed by atoms with E-state index in [1.165, 1.54) is 6.20 Å². The predicted octanol–water partition coefficient (Wildman–Crippen LogP) is 1.53. The summed E-state index contributed by atoms with van der Waals surface area (Å²) < 4.78 is 0. The van der Waals surface area contributed by atoms with Crippen molar-refractivity contribution in [3.8, 4) is 0 Å². The van der Waals surface area contributed by atoms with Crippen molar-refractivity contribution in [2.24, 2.45) is 0 Å². The molecule has 0 unspecified atom stereocenters. The Bertz CT molecular complexity index is 567. The first-order chi connectivity index (χ1) is 8.19. The van der Waals surface area contributed by atoms with Crippen LogP contribution in [-0.2, 0) is 6.54 Å². The summed E-state index contributed by atoms with van der Waals surface area (Å²) in [6, 6.07) is 0. The summed E-state index contributed by atoms with van der Waals surface area (Å²) in [6.07, 6.45) is 1.51. The highest BCUT2D eigenvalue weighted by atomic mass is 35.5. The van der Waals surface area contributed by atoms with Gasteiger partial charge in [0.15, 0.2) is 5.82 Å². The van der Waals surface area contributed by atoms with Gasteiger partial charge in [0.1, 0.15) is 5.02 Å². The minimum absolute atomic E-state index is 0.0773. The van der Waals surface area contributed by atoms with Crippen molar-refractivity contribution in [1.29, 1.82) is 0 Å². The van der Waals surface area contributed by atoms with Crippen LogP contribution in [0.3, 0.4) is 0 Å². The number of hydrogen-bond donors (Lipinski definition) is 3. The number of anilines is 2. The molecule has 0 aliphatic heterocycles. The highest BCUT2D eigenvalue weighted by Gasteiger charge is 2.05. The molecule has 0 bridgehead atoms. The van der Waals surface area contributed by atoms with Crippen LogP contribution in [0.5, 0.6) is 0 Å². The number of hydrogen-bond acceptors (Lipinski definition) is 6. The Kier molecular flexibility index (Phi) is 3.60. The first-order valence-corrected chi connectivity index (χ1v) is 6.05. The molecule has 17 heavy (non-hydrogen) atoms. The van der Waals surface area contributed by atoms with Gasteiger partial charge in [-0.05, 0) is 0 Å². The van der Waals surface area contributed by atoms with Gasteiger partial charge in [-0.15, -0.1) is 0 Å². The summed E-state index contributed by atoms with van der Waals surface area (Å²) in [7, 11) is 1.73. The molecule has 0 aliphatic rings. The second-order valence-electron chi connectivity index (χ2n) is 3.17. The van der Waals surface area contributed by atoms with E-state index in [1.807, 2.05) is 0 Å². The number of rotatable bonds is 4. The molecule has 0 saturated carbocycles. The maximum atomic E-state index is 10.9. The zero-order valence-electron chi connectivity index (χ0n) is 8.95. The monoisotopic (exact) mass is 271 g/mol. The minimum Gasteiger partial charge on any atom is -0.363 e. The lowest BCUT2D eigenvalue weighted by Gasteiger charge is -2.07. The van der Waals surface area contributed by atoms with Crippen molar-refractivity contribution < 1.29 is 0 Å². The van der Waals surface area contributed by atoms with Gasteiger partial charge in [0, 0.05) is 18.1 Å². The molecule has 90 valence electrons. The number of aromatic nitrogens is 3. The molecular formula is C9H10ClN5OS. The van der Waals surface area contributed by atoms with E-state index in [0.29, 0.717) is 23.3 Å². The molecule has 0 aromatic carbocycles. The fourth-order valence-corrected chi connectivity index (χ4v) is 1.93. The molecule has 0 atom stereocenters. The van der Waals surface area contributed by atoms with E-state index in [1.54, 1.807) is 12.4 Å². The molecule has 2 aromatic rings. The van der Waals surface area contributed by atoms with Gasteiger partial charge >= 0.3 is 4.87 Å². The molecule has 2 rings (SSSR count). The number of nitrogens with zero attached hydrogens (tertiary/aromatic N) is 2. The maximum absolute atomic E-state index is 10.9. The number of halogens is 1. The van der Waals surface area contributed by atoms with Crippen molar-refractivity contribution >= 4 is 34.7 Å². The third-order valence-corrected chi connectivity index (χ3v) is 2.98. The van der Waals surface area contributed by atoms with E-state index in [9.17, 15) is 4.79 Å². The molecule has 0 fully saturated rings. The van der Waals surface area contributed by atoms with E-state index in [-0.39, 0.29) is 4.87 Å². The number of nitrogens with one attached hydrogen (secondary N) is 3. The molecule has 0 spiro atoms. The molecule has 0 aliphatic carbocycles. The first-order valence-electron chi connectivity index (χ1n) is 4.80. The molecule has 3 N–H and O–H groups in total. The van der Waals surface area contributed by atoms with E-state index in [2.05, 4.69) is 25.6 Å². The Morgan fingerprint density at radius 3 is 3.06 bits per heavy atom. The summed E-state index contributed by atoms with van der Waals surface area (Å²) in [5.41, 5.74) is 0.792. The fourth-order valence-electron chi connectivity index (χ4n) is 1.19. The molecule has 8 heteroatoms. The lowest BCUT2D eigenvalue weighted by atomic mass is 10.4. The summed E-state index contributed by atoms with van der Waals surface area (Å²) >= 11 is 7.06. The van der Waals surface area contributed by atoms with Crippen molar-refractivity contribution in [2.75, 3.05) is 17.7 Å². The van der Waals surface area contributed by atoms with Crippen LogP contribution < -0.4 is 15.5 Å². The van der Waals surface area contributed by atoms with Crippen LogP contribution in [0, 0.1) is 0 Å². The van der Waals surface area contributed by atoms with Crippen molar-refractivity contribution in [3.63, 3.8) is 0 Å². The molecular weight excluding hydrogens is 262 g/mol. The highest BCUT2D eigenvalue weighted by Crippen LogP contribution is 2.19. The van der Waals surface area contributed by atoms with Crippen molar-refractivity contribution in [2.45, 2.75) is 6.54 Å². The minimum atomic E-state index is -0.0773. The Balaban J connectivity index is 2.10. The van der Waals surface area contributed by atoms with E-state index < -0.39 is 0 Å². The van der Waals surface area contributed by atoms with E-state index >= 15 is 0 Å². The van der Waals surface area contributed by atoms with Crippen LogP contribution in [-0.4, -0.2) is 22.0 Å². The third-order valence-electron chi connectivity index (χ3n) is 1.98. The largest absolute Gasteiger partial charge is 0.363 e. The van der Waals surface area contributed by atoms with Crippen LogP contribution in [0.25, 0.3) is 0 Å². The Morgan fingerprint density at radius 2 is 2.41 bits per heavy atom. The predicted molar refractivity (Wildman–Crippen MR) is 68.9 cm³/mol. The van der Waals surface area contributed by atoms with Gasteiger partial charge < -0.3 is 15.6 Å². The Hall–Kier alpha value is -1.60. The summed E-state index contributed by atoms with van der Waals surface area (Å²) in [6.45, 7) is 0.457. The van der Waals surface area contributed by atoms with Crippen LogP contribution >= 0.6 is 22.9 Å². The maximum Gasteiger partial charge on any atom is 0.304 e. The van der Waals surface area contributed by atoms with Gasteiger partial charge in [0.2, 0.25) is 5.95 Å². The summed E-state index contributed by atoms with van der Waals surface area (Å²) in [5.74, 6) is 1.01. The third kappa shape index (κ3) is 2.95. The average molecular weight is 272 g/mol. The summed E-state index contributed by atoms with van der Waals surface area (Å²) in [5, 5.41) is 8.04. The summed E-state index contributed by atoms with van der Waals surface area (Å²) in [4.78, 5) is 21.7. The van der Waals surface area contributed by atoms with Crippen LogP contribution in [0.15, 0.2) is 16.4 Å². The SMILES string of the molecule is CNc1ncc(Cl)c(NCc2csc(=O)[nH]2)n1. The normalized spacial score (nSPS) is 10.2. The molecule has 0 saturated heterocycles. The zero-order chi connectivity index (χ0) is 12.3. The number of H-pyrrole nitrogens is 1. The molecule has 2 heterocycles. The van der Waals surface area contributed by atoms with Crippen LogP contribution in [0.4, 0.5) is 11.8 Å². The lowest BCUT2D eigenvalue weighted by molar-refractivity contribution is 1.03. The first kappa shape index (κ1) is 11.9. The van der Waals surface area contributed by atoms with E-state index in [0.717, 1.165) is 17.0 Å². The number of thiazole rings is 1. The molecule has 2 aromatic heterocycles. The van der Waals surface area contributed by atoms with E-state index in [4.69, 9.17) is 11.6 Å². The van der Waals surface area contributed by atoms with Crippen LogP contribution in [0.1, 0.15) is 5.69 Å². The number of aromatic amines is 1. The molecule has 0 radical (unpaired) electrons. The molecule has 6 nitrogen and oxygen atoms in total. The molecule has 0 amide bonds.